The Hall–Kier alpha value is -1.10. The summed E-state index contributed by atoms with van der Waals surface area (Å²) >= 11 is 3.39. The monoisotopic (exact) mass is 294 g/mol. The van der Waals surface area contributed by atoms with Gasteiger partial charge in [0.2, 0.25) is 0 Å². The first-order chi connectivity index (χ1) is 8.13. The van der Waals surface area contributed by atoms with Crippen LogP contribution in [0, 0.1) is 13.8 Å². The van der Waals surface area contributed by atoms with Gasteiger partial charge in [-0.05, 0) is 47.0 Å². The van der Waals surface area contributed by atoms with Crippen molar-refractivity contribution in [3.8, 4) is 0 Å². The Morgan fingerprint density at radius 3 is 2.59 bits per heavy atom. The predicted octanol–water partition coefficient (Wildman–Crippen LogP) is 3.21. The van der Waals surface area contributed by atoms with Gasteiger partial charge in [-0.2, -0.15) is 0 Å². The number of hydrazine groups is 1. The molecular weight excluding hydrogens is 280 g/mol. The molecule has 1 aromatic heterocycles. The number of rotatable bonds is 3. The predicted molar refractivity (Wildman–Crippen MR) is 71.5 cm³/mol. The Labute approximate surface area is 109 Å². The van der Waals surface area contributed by atoms with Gasteiger partial charge in [0.1, 0.15) is 0 Å². The van der Waals surface area contributed by atoms with E-state index in [2.05, 4.69) is 53.4 Å². The minimum atomic E-state index is -0.0666. The second kappa shape index (κ2) is 5.04. The van der Waals surface area contributed by atoms with E-state index in [1.54, 1.807) is 6.26 Å². The summed E-state index contributed by atoms with van der Waals surface area (Å²) in [6.45, 7) is 4.15. The first kappa shape index (κ1) is 12.4. The van der Waals surface area contributed by atoms with Crippen LogP contribution in [0.25, 0.3) is 0 Å². The summed E-state index contributed by atoms with van der Waals surface area (Å²) in [5, 5.41) is 0. The zero-order valence-corrected chi connectivity index (χ0v) is 11.4. The van der Waals surface area contributed by atoms with Crippen LogP contribution in [0.1, 0.15) is 28.3 Å². The second-order valence-corrected chi connectivity index (χ2v) is 4.83. The summed E-state index contributed by atoms with van der Waals surface area (Å²) < 4.78 is 5.97. The molecule has 0 fully saturated rings. The number of hydrogen-bond donors (Lipinski definition) is 2. The Bertz CT molecular complexity index is 522. The topological polar surface area (TPSA) is 51.2 Å². The van der Waals surface area contributed by atoms with Crippen LogP contribution in [-0.2, 0) is 0 Å². The van der Waals surface area contributed by atoms with Crippen molar-refractivity contribution in [2.75, 3.05) is 0 Å². The number of furan rings is 1. The molecular formula is C13H15BrN2O. The zero-order chi connectivity index (χ0) is 12.4. The van der Waals surface area contributed by atoms with Crippen LogP contribution < -0.4 is 11.3 Å². The average Bonchev–Trinajstić information content (AvgIpc) is 2.71. The molecule has 1 atom stereocenters. The van der Waals surface area contributed by atoms with E-state index in [4.69, 9.17) is 10.3 Å². The van der Waals surface area contributed by atoms with E-state index < -0.39 is 0 Å². The molecule has 17 heavy (non-hydrogen) atoms. The van der Waals surface area contributed by atoms with Crippen LogP contribution in [0.2, 0.25) is 0 Å². The standard InChI is InChI=1S/C13H15BrN2O/c1-8-3-4-9(2)11(7-8)12(16-15)10-5-6-17-13(10)14/h3-7,12,16H,15H2,1-2H3. The van der Waals surface area contributed by atoms with Crippen molar-refractivity contribution < 1.29 is 4.42 Å². The molecule has 1 unspecified atom stereocenters. The molecule has 0 saturated heterocycles. The van der Waals surface area contributed by atoms with Gasteiger partial charge < -0.3 is 4.42 Å². The number of nitrogens with one attached hydrogen (secondary N) is 1. The summed E-state index contributed by atoms with van der Waals surface area (Å²) in [7, 11) is 0. The summed E-state index contributed by atoms with van der Waals surface area (Å²) in [6, 6.07) is 8.18. The Morgan fingerprint density at radius 2 is 2.00 bits per heavy atom. The molecule has 0 saturated carbocycles. The van der Waals surface area contributed by atoms with Gasteiger partial charge >= 0.3 is 0 Å². The highest BCUT2D eigenvalue weighted by molar-refractivity contribution is 9.10. The van der Waals surface area contributed by atoms with E-state index in [0.717, 1.165) is 11.1 Å². The Kier molecular flexibility index (Phi) is 3.66. The quantitative estimate of drug-likeness (QED) is 0.675. The van der Waals surface area contributed by atoms with Crippen LogP contribution in [0.3, 0.4) is 0 Å². The molecule has 2 rings (SSSR count). The van der Waals surface area contributed by atoms with Gasteiger partial charge in [-0.25, -0.2) is 5.43 Å². The summed E-state index contributed by atoms with van der Waals surface area (Å²) in [5.41, 5.74) is 7.42. The minimum absolute atomic E-state index is 0.0666. The lowest BCUT2D eigenvalue weighted by molar-refractivity contribution is 0.526. The molecule has 4 heteroatoms. The molecule has 1 heterocycles. The van der Waals surface area contributed by atoms with Crippen LogP contribution >= 0.6 is 15.9 Å². The maximum Gasteiger partial charge on any atom is 0.174 e. The van der Waals surface area contributed by atoms with Crippen molar-refractivity contribution in [3.05, 3.63) is 57.5 Å². The van der Waals surface area contributed by atoms with Gasteiger partial charge in [0.25, 0.3) is 0 Å². The Morgan fingerprint density at radius 1 is 1.24 bits per heavy atom. The molecule has 0 spiro atoms. The smallest absolute Gasteiger partial charge is 0.174 e. The highest BCUT2D eigenvalue weighted by Crippen LogP contribution is 2.31. The molecule has 0 aliphatic rings. The molecule has 0 amide bonds. The van der Waals surface area contributed by atoms with Gasteiger partial charge in [0.05, 0.1) is 12.3 Å². The van der Waals surface area contributed by atoms with Gasteiger partial charge in [-0.1, -0.05) is 23.8 Å². The zero-order valence-electron chi connectivity index (χ0n) is 9.83. The van der Waals surface area contributed by atoms with Crippen molar-refractivity contribution in [2.45, 2.75) is 19.9 Å². The van der Waals surface area contributed by atoms with Gasteiger partial charge in [-0.3, -0.25) is 5.84 Å². The van der Waals surface area contributed by atoms with Crippen molar-refractivity contribution in [1.29, 1.82) is 0 Å². The molecule has 0 bridgehead atoms. The van der Waals surface area contributed by atoms with Crippen LogP contribution in [0.5, 0.6) is 0 Å². The summed E-state index contributed by atoms with van der Waals surface area (Å²) in [5.74, 6) is 5.67. The fourth-order valence-electron chi connectivity index (χ4n) is 1.93. The van der Waals surface area contributed by atoms with E-state index in [1.807, 2.05) is 6.07 Å². The molecule has 0 radical (unpaired) electrons. The number of benzene rings is 1. The van der Waals surface area contributed by atoms with Crippen LogP contribution in [-0.4, -0.2) is 0 Å². The van der Waals surface area contributed by atoms with Gasteiger partial charge in [0, 0.05) is 5.56 Å². The first-order valence-corrected chi connectivity index (χ1v) is 6.19. The normalized spacial score (nSPS) is 12.7. The molecule has 0 aliphatic carbocycles. The van der Waals surface area contributed by atoms with E-state index in [1.165, 1.54) is 11.1 Å². The number of aryl methyl sites for hydroxylation is 2. The third-order valence-electron chi connectivity index (χ3n) is 2.87. The lowest BCUT2D eigenvalue weighted by Gasteiger charge is -2.18. The number of nitrogens with two attached hydrogens (primary N) is 1. The van der Waals surface area contributed by atoms with E-state index in [-0.39, 0.29) is 6.04 Å². The molecule has 0 aliphatic heterocycles. The third-order valence-corrected chi connectivity index (χ3v) is 3.51. The van der Waals surface area contributed by atoms with Crippen LogP contribution in [0.4, 0.5) is 0 Å². The van der Waals surface area contributed by atoms with E-state index in [9.17, 15) is 0 Å². The highest BCUT2D eigenvalue weighted by Gasteiger charge is 2.19. The van der Waals surface area contributed by atoms with E-state index in [0.29, 0.717) is 4.67 Å². The first-order valence-electron chi connectivity index (χ1n) is 5.39. The van der Waals surface area contributed by atoms with Crippen molar-refractivity contribution in [2.24, 2.45) is 5.84 Å². The van der Waals surface area contributed by atoms with Crippen molar-refractivity contribution in [3.63, 3.8) is 0 Å². The second-order valence-electron chi connectivity index (χ2n) is 4.11. The minimum Gasteiger partial charge on any atom is -0.457 e. The maximum atomic E-state index is 5.67. The van der Waals surface area contributed by atoms with E-state index >= 15 is 0 Å². The Balaban J connectivity index is 2.49. The number of hydrogen-bond acceptors (Lipinski definition) is 3. The number of halogens is 1. The molecule has 3 nitrogen and oxygen atoms in total. The largest absolute Gasteiger partial charge is 0.457 e. The highest BCUT2D eigenvalue weighted by atomic mass is 79.9. The maximum absolute atomic E-state index is 5.67. The van der Waals surface area contributed by atoms with Gasteiger partial charge in [-0.15, -0.1) is 0 Å². The molecule has 3 N–H and O–H groups in total. The van der Waals surface area contributed by atoms with Crippen molar-refractivity contribution >= 4 is 15.9 Å². The SMILES string of the molecule is Cc1ccc(C)c(C(NN)c2ccoc2Br)c1. The van der Waals surface area contributed by atoms with Gasteiger partial charge in [0.15, 0.2) is 4.67 Å². The molecule has 2 aromatic rings. The fourth-order valence-corrected chi connectivity index (χ4v) is 2.40. The summed E-state index contributed by atoms with van der Waals surface area (Å²) in [4.78, 5) is 0. The molecule has 90 valence electrons. The fraction of sp³-hybridized carbons (Fsp3) is 0.231. The third kappa shape index (κ3) is 2.44. The summed E-state index contributed by atoms with van der Waals surface area (Å²) in [6.07, 6.45) is 1.65. The lowest BCUT2D eigenvalue weighted by Crippen LogP contribution is -2.29. The van der Waals surface area contributed by atoms with Crippen molar-refractivity contribution in [1.82, 2.24) is 5.43 Å². The van der Waals surface area contributed by atoms with Crippen LogP contribution in [0.15, 0.2) is 39.6 Å². The lowest BCUT2D eigenvalue weighted by atomic mass is 9.95. The average molecular weight is 295 g/mol. The molecule has 1 aromatic carbocycles.